The quantitative estimate of drug-likeness (QED) is 0.394. The lowest BCUT2D eigenvalue weighted by molar-refractivity contribution is -0.531. The van der Waals surface area contributed by atoms with Gasteiger partial charge in [0.1, 0.15) is 17.4 Å². The molecule has 0 aromatic heterocycles. The summed E-state index contributed by atoms with van der Waals surface area (Å²) in [6.07, 6.45) is -1.14. The van der Waals surface area contributed by atoms with E-state index in [0.717, 1.165) is 0 Å². The molecule has 1 aliphatic heterocycles. The van der Waals surface area contributed by atoms with Crippen molar-refractivity contribution < 1.29 is 9.31 Å². The molecule has 0 spiro atoms. The summed E-state index contributed by atoms with van der Waals surface area (Å²) >= 11 is 6.05. The van der Waals surface area contributed by atoms with Crippen LogP contribution in [0.2, 0.25) is 0 Å². The van der Waals surface area contributed by atoms with Crippen molar-refractivity contribution in [3.05, 3.63) is 57.9 Å². The van der Waals surface area contributed by atoms with Gasteiger partial charge in [-0.05, 0) is 19.1 Å². The van der Waals surface area contributed by atoms with Crippen molar-refractivity contribution in [1.82, 2.24) is 5.32 Å². The van der Waals surface area contributed by atoms with E-state index in [1.807, 2.05) is 0 Å². The van der Waals surface area contributed by atoms with Gasteiger partial charge in [0.05, 0.1) is 5.71 Å². The lowest BCUT2D eigenvalue weighted by atomic mass is 10.0. The van der Waals surface area contributed by atoms with Crippen LogP contribution in [0.3, 0.4) is 0 Å². The van der Waals surface area contributed by atoms with Gasteiger partial charge >= 0.3 is 0 Å². The highest BCUT2D eigenvalue weighted by molar-refractivity contribution is 6.28. The molecule has 0 bridgehead atoms. The first-order valence-corrected chi connectivity index (χ1v) is 6.41. The number of benzene rings is 1. The highest BCUT2D eigenvalue weighted by Gasteiger charge is 2.35. The lowest BCUT2D eigenvalue weighted by Gasteiger charge is -2.15. The predicted molar refractivity (Wildman–Crippen MR) is 75.1 cm³/mol. The van der Waals surface area contributed by atoms with E-state index >= 15 is 0 Å². The minimum absolute atomic E-state index is 0.237. The Bertz CT molecular complexity index is 591. The van der Waals surface area contributed by atoms with Crippen LogP contribution < -0.4 is 5.32 Å². The van der Waals surface area contributed by atoms with E-state index in [0.29, 0.717) is 5.57 Å². The third kappa shape index (κ3) is 2.71. The second-order valence-electron chi connectivity index (χ2n) is 4.48. The fourth-order valence-electron chi connectivity index (χ4n) is 2.00. The van der Waals surface area contributed by atoms with E-state index in [4.69, 9.17) is 11.6 Å². The lowest BCUT2D eigenvalue weighted by Crippen LogP contribution is -2.46. The van der Waals surface area contributed by atoms with Crippen molar-refractivity contribution >= 4 is 17.3 Å². The second-order valence-corrected chi connectivity index (χ2v) is 4.92. The largest absolute Gasteiger partial charge is 0.289 e. The Morgan fingerprint density at radius 3 is 2.75 bits per heavy atom. The monoisotopic (exact) mass is 297 g/mol. The average molecular weight is 298 g/mol. The van der Waals surface area contributed by atoms with Crippen LogP contribution in [-0.2, 0) is 0 Å². The summed E-state index contributed by atoms with van der Waals surface area (Å²) < 4.78 is 13.9. The molecule has 1 aromatic carbocycles. The molecule has 106 valence electrons. The first kappa shape index (κ1) is 14.6. The van der Waals surface area contributed by atoms with Crippen molar-refractivity contribution in [1.29, 1.82) is 0 Å². The Kier molecular flexibility index (Phi) is 4.15. The van der Waals surface area contributed by atoms with Gasteiger partial charge in [-0.2, -0.15) is 0 Å². The smallest absolute Gasteiger partial charge is 0.272 e. The van der Waals surface area contributed by atoms with Crippen molar-refractivity contribution in [2.45, 2.75) is 24.6 Å². The summed E-state index contributed by atoms with van der Waals surface area (Å²) in [5.74, 6) is -0.469. The molecule has 3 unspecified atom stereocenters. The first-order chi connectivity index (χ1) is 9.41. The summed E-state index contributed by atoms with van der Waals surface area (Å²) in [5.41, 5.74) is -0.0741. The van der Waals surface area contributed by atoms with E-state index in [1.54, 1.807) is 25.1 Å². The number of nitro groups is 1. The molecule has 1 N–H and O–H groups in total. The summed E-state index contributed by atoms with van der Waals surface area (Å²) in [4.78, 5) is 14.7. The van der Waals surface area contributed by atoms with Gasteiger partial charge in [0, 0.05) is 16.1 Å². The van der Waals surface area contributed by atoms with Gasteiger partial charge in [0.2, 0.25) is 0 Å². The van der Waals surface area contributed by atoms with Gasteiger partial charge in [-0.3, -0.25) is 15.1 Å². The fraction of sp³-hybridized carbons (Fsp3) is 0.308. The minimum Gasteiger partial charge on any atom is -0.272 e. The number of aliphatic imine (C=N–C) groups is 1. The molecule has 1 aliphatic rings. The van der Waals surface area contributed by atoms with Crippen LogP contribution in [0.4, 0.5) is 4.39 Å². The van der Waals surface area contributed by atoms with Gasteiger partial charge < -0.3 is 0 Å². The molecule has 0 radical (unpaired) electrons. The Hall–Kier alpha value is -1.79. The Balaban J connectivity index is 2.50. The summed E-state index contributed by atoms with van der Waals surface area (Å²) in [6, 6.07) is 5.36. The van der Waals surface area contributed by atoms with Crippen LogP contribution >= 0.6 is 11.6 Å². The second kappa shape index (κ2) is 5.68. The zero-order valence-corrected chi connectivity index (χ0v) is 11.5. The van der Waals surface area contributed by atoms with Crippen molar-refractivity contribution in [2.75, 3.05) is 0 Å². The third-order valence-corrected chi connectivity index (χ3v) is 3.46. The van der Waals surface area contributed by atoms with Crippen molar-refractivity contribution in [3.8, 4) is 0 Å². The third-order valence-electron chi connectivity index (χ3n) is 3.07. The van der Waals surface area contributed by atoms with Crippen LogP contribution in [-0.4, -0.2) is 28.3 Å². The van der Waals surface area contributed by atoms with Crippen LogP contribution in [0, 0.1) is 15.9 Å². The van der Waals surface area contributed by atoms with Crippen molar-refractivity contribution in [2.24, 2.45) is 4.99 Å². The van der Waals surface area contributed by atoms with E-state index in [1.165, 1.54) is 6.07 Å². The molecular formula is C13H13ClFN3O2. The highest BCUT2D eigenvalue weighted by atomic mass is 35.5. The van der Waals surface area contributed by atoms with Gasteiger partial charge in [-0.25, -0.2) is 9.71 Å². The van der Waals surface area contributed by atoms with Crippen LogP contribution in [0.25, 0.3) is 0 Å². The van der Waals surface area contributed by atoms with Crippen LogP contribution in [0.1, 0.15) is 12.5 Å². The first-order valence-electron chi connectivity index (χ1n) is 5.97. The maximum absolute atomic E-state index is 13.9. The Morgan fingerprint density at radius 2 is 2.15 bits per heavy atom. The zero-order chi connectivity index (χ0) is 14.9. The minimum atomic E-state index is -1.14. The number of nitrogens with zero attached hydrogens (tertiary/aromatic N) is 2. The van der Waals surface area contributed by atoms with Crippen LogP contribution in [0.15, 0.2) is 41.4 Å². The molecule has 0 fully saturated rings. The zero-order valence-electron chi connectivity index (χ0n) is 10.7. The molecule has 0 saturated heterocycles. The normalized spacial score (nSPS) is 26.9. The standard InChI is InChI=1S/C13H13ClFN3O2/c1-7-11(9-5-3-4-6-10(9)15)16-8(2)13(18(19)20)17-12(7)14/h3-6,8,12-13,17H,1H2,2H3. The number of hydrogen-bond acceptors (Lipinski definition) is 4. The number of alkyl halides is 1. The SMILES string of the molecule is C=C1C(c2ccccc2F)=NC(C)C([N+](=O)[O-])NC1Cl. The molecule has 2 rings (SSSR count). The molecule has 5 nitrogen and oxygen atoms in total. The molecular weight excluding hydrogens is 285 g/mol. The highest BCUT2D eigenvalue weighted by Crippen LogP contribution is 2.22. The summed E-state index contributed by atoms with van der Waals surface area (Å²) in [5, 5.41) is 13.6. The molecule has 0 aliphatic carbocycles. The average Bonchev–Trinajstić information content (AvgIpc) is 2.51. The van der Waals surface area contributed by atoms with E-state index < -0.39 is 28.4 Å². The van der Waals surface area contributed by atoms with E-state index in [9.17, 15) is 14.5 Å². The fourth-order valence-corrected chi connectivity index (χ4v) is 2.23. The van der Waals surface area contributed by atoms with Crippen LogP contribution in [0.5, 0.6) is 0 Å². The molecule has 1 heterocycles. The van der Waals surface area contributed by atoms with Gasteiger partial charge in [-0.15, -0.1) is 11.6 Å². The molecule has 20 heavy (non-hydrogen) atoms. The molecule has 3 atom stereocenters. The number of rotatable bonds is 2. The van der Waals surface area contributed by atoms with Gasteiger partial charge in [-0.1, -0.05) is 18.7 Å². The maximum atomic E-state index is 13.9. The van der Waals surface area contributed by atoms with Crippen molar-refractivity contribution in [3.63, 3.8) is 0 Å². The predicted octanol–water partition coefficient (Wildman–Crippen LogP) is 2.33. The number of nitrogens with one attached hydrogen (secondary N) is 1. The topological polar surface area (TPSA) is 67.5 Å². The van der Waals surface area contributed by atoms with E-state index in [2.05, 4.69) is 16.9 Å². The molecule has 7 heteroatoms. The summed E-state index contributed by atoms with van der Waals surface area (Å²) in [7, 11) is 0. The maximum Gasteiger partial charge on any atom is 0.289 e. The Morgan fingerprint density at radius 1 is 1.50 bits per heavy atom. The molecule has 0 saturated carbocycles. The number of halogens is 2. The Labute approximate surface area is 120 Å². The molecule has 0 amide bonds. The summed E-state index contributed by atoms with van der Waals surface area (Å²) in [6.45, 7) is 5.34. The number of hydrogen-bond donors (Lipinski definition) is 1. The van der Waals surface area contributed by atoms with Gasteiger partial charge in [0.25, 0.3) is 6.17 Å². The van der Waals surface area contributed by atoms with Gasteiger partial charge in [0.15, 0.2) is 0 Å². The van der Waals surface area contributed by atoms with E-state index in [-0.39, 0.29) is 11.3 Å². The molecule has 1 aromatic rings.